The summed E-state index contributed by atoms with van der Waals surface area (Å²) in [7, 11) is 2.97. The van der Waals surface area contributed by atoms with Crippen LogP contribution < -0.4 is 10.1 Å². The summed E-state index contributed by atoms with van der Waals surface area (Å²) >= 11 is 0. The molecule has 0 saturated carbocycles. The van der Waals surface area contributed by atoms with E-state index in [9.17, 15) is 9.59 Å². The van der Waals surface area contributed by atoms with Gasteiger partial charge in [-0.1, -0.05) is 26.0 Å². The minimum absolute atomic E-state index is 0.000456. The zero-order valence-corrected chi connectivity index (χ0v) is 18.1. The summed E-state index contributed by atoms with van der Waals surface area (Å²) in [5.74, 6) is 0.0815. The summed E-state index contributed by atoms with van der Waals surface area (Å²) in [4.78, 5) is 30.1. The van der Waals surface area contributed by atoms with E-state index in [1.165, 1.54) is 7.11 Å². The molecular weight excluding hydrogens is 370 g/mol. The van der Waals surface area contributed by atoms with Crippen molar-refractivity contribution in [3.8, 4) is 5.75 Å². The Kier molecular flexibility index (Phi) is 7.84. The van der Waals surface area contributed by atoms with Gasteiger partial charge in [0.25, 0.3) is 5.91 Å². The minimum atomic E-state index is -0.451. The third kappa shape index (κ3) is 4.98. The van der Waals surface area contributed by atoms with Gasteiger partial charge >= 0.3 is 5.97 Å². The summed E-state index contributed by atoms with van der Waals surface area (Å²) in [5, 5.41) is 3.02. The van der Waals surface area contributed by atoms with Gasteiger partial charge in [-0.15, -0.1) is 0 Å². The number of carbonyl (C=O) groups is 2. The first kappa shape index (κ1) is 22.5. The minimum Gasteiger partial charge on any atom is -0.497 e. The SMILES string of the molecule is CCN(CC)C(CNC(=O)c1[nH]c(C)c(C(=O)OC)c1C)c1cccc(OC)c1. The maximum Gasteiger partial charge on any atom is 0.339 e. The van der Waals surface area contributed by atoms with Gasteiger partial charge < -0.3 is 19.8 Å². The van der Waals surface area contributed by atoms with Crippen molar-refractivity contribution in [3.63, 3.8) is 0 Å². The highest BCUT2D eigenvalue weighted by atomic mass is 16.5. The molecule has 1 aromatic carbocycles. The number of H-pyrrole nitrogens is 1. The Bertz CT molecular complexity index is 856. The molecule has 0 saturated heterocycles. The van der Waals surface area contributed by atoms with Crippen LogP contribution in [0.1, 0.15) is 57.6 Å². The van der Waals surface area contributed by atoms with Gasteiger partial charge in [0, 0.05) is 12.2 Å². The molecule has 7 heteroatoms. The zero-order valence-electron chi connectivity index (χ0n) is 18.1. The Labute approximate surface area is 172 Å². The summed E-state index contributed by atoms with van der Waals surface area (Å²) in [6.45, 7) is 9.82. The lowest BCUT2D eigenvalue weighted by Gasteiger charge is -2.30. The fraction of sp³-hybridized carbons (Fsp3) is 0.455. The molecule has 0 radical (unpaired) electrons. The largest absolute Gasteiger partial charge is 0.497 e. The van der Waals surface area contributed by atoms with Crippen LogP contribution in [0.2, 0.25) is 0 Å². The first-order valence-corrected chi connectivity index (χ1v) is 9.81. The molecule has 2 N–H and O–H groups in total. The van der Waals surface area contributed by atoms with Crippen LogP contribution in [0.15, 0.2) is 24.3 Å². The van der Waals surface area contributed by atoms with Crippen molar-refractivity contribution >= 4 is 11.9 Å². The summed E-state index contributed by atoms with van der Waals surface area (Å²) < 4.78 is 10.2. The van der Waals surface area contributed by atoms with Crippen LogP contribution in [0, 0.1) is 13.8 Å². The topological polar surface area (TPSA) is 83.7 Å². The van der Waals surface area contributed by atoms with Crippen molar-refractivity contribution in [2.24, 2.45) is 0 Å². The molecule has 1 aromatic heterocycles. The summed E-state index contributed by atoms with van der Waals surface area (Å²) in [6.07, 6.45) is 0. The molecule has 0 bridgehead atoms. The Balaban J connectivity index is 2.25. The zero-order chi connectivity index (χ0) is 21.6. The van der Waals surface area contributed by atoms with Gasteiger partial charge in [-0.3, -0.25) is 9.69 Å². The predicted molar refractivity (Wildman–Crippen MR) is 113 cm³/mol. The first-order chi connectivity index (χ1) is 13.9. The number of esters is 1. The maximum absolute atomic E-state index is 12.9. The Hall–Kier alpha value is -2.80. The summed E-state index contributed by atoms with van der Waals surface area (Å²) in [6, 6.07) is 7.89. The number of aromatic amines is 1. The number of nitrogens with zero attached hydrogens (tertiary/aromatic N) is 1. The van der Waals surface area contributed by atoms with Crippen molar-refractivity contribution in [1.82, 2.24) is 15.2 Å². The number of carbonyl (C=O) groups excluding carboxylic acids is 2. The number of likely N-dealkylation sites (N-methyl/N-ethyl adjacent to an activating group) is 1. The van der Waals surface area contributed by atoms with Crippen molar-refractivity contribution in [3.05, 3.63) is 52.3 Å². The average Bonchev–Trinajstić information content (AvgIpc) is 3.04. The lowest BCUT2D eigenvalue weighted by atomic mass is 10.0. The lowest BCUT2D eigenvalue weighted by molar-refractivity contribution is 0.0599. The van der Waals surface area contributed by atoms with E-state index in [4.69, 9.17) is 9.47 Å². The van der Waals surface area contributed by atoms with Gasteiger partial charge in [-0.25, -0.2) is 4.79 Å². The number of aryl methyl sites for hydroxylation is 1. The van der Waals surface area contributed by atoms with E-state index in [2.05, 4.69) is 29.0 Å². The van der Waals surface area contributed by atoms with Gasteiger partial charge in [0.15, 0.2) is 0 Å². The third-order valence-electron chi connectivity index (χ3n) is 5.24. The lowest BCUT2D eigenvalue weighted by Crippen LogP contribution is -2.38. The van der Waals surface area contributed by atoms with Crippen molar-refractivity contribution in [1.29, 1.82) is 0 Å². The second kappa shape index (κ2) is 10.1. The van der Waals surface area contributed by atoms with E-state index in [0.717, 1.165) is 24.4 Å². The van der Waals surface area contributed by atoms with Crippen LogP contribution in [0.4, 0.5) is 0 Å². The van der Waals surface area contributed by atoms with Crippen LogP contribution in [-0.4, -0.2) is 55.6 Å². The molecule has 0 aliphatic rings. The van der Waals surface area contributed by atoms with Crippen molar-refractivity contribution in [2.45, 2.75) is 33.7 Å². The molecule has 0 fully saturated rings. The normalized spacial score (nSPS) is 12.0. The summed E-state index contributed by atoms with van der Waals surface area (Å²) in [5.41, 5.74) is 3.07. The van der Waals surface area contributed by atoms with Crippen LogP contribution in [0.5, 0.6) is 5.75 Å². The maximum atomic E-state index is 12.9. The highest BCUT2D eigenvalue weighted by molar-refractivity contribution is 6.00. The standard InChI is InChI=1S/C22H31N3O4/c1-7-25(8-2)18(16-10-9-11-17(12-16)28-5)13-23-21(26)20-14(3)19(15(4)24-20)22(27)29-6/h9-12,18,24H,7-8,13H2,1-6H3,(H,23,26). The molecule has 0 aliphatic carbocycles. The molecule has 1 amide bonds. The number of benzene rings is 1. The Morgan fingerprint density at radius 2 is 1.86 bits per heavy atom. The van der Waals surface area contributed by atoms with E-state index in [1.54, 1.807) is 21.0 Å². The van der Waals surface area contributed by atoms with E-state index in [-0.39, 0.29) is 11.9 Å². The second-order valence-corrected chi connectivity index (χ2v) is 6.84. The average molecular weight is 402 g/mol. The molecule has 158 valence electrons. The monoisotopic (exact) mass is 401 g/mol. The fourth-order valence-corrected chi connectivity index (χ4v) is 3.63. The number of ether oxygens (including phenoxy) is 2. The molecule has 2 aromatic rings. The number of methoxy groups -OCH3 is 2. The van der Waals surface area contributed by atoms with E-state index >= 15 is 0 Å². The van der Waals surface area contributed by atoms with E-state index in [0.29, 0.717) is 29.1 Å². The van der Waals surface area contributed by atoms with Gasteiger partial charge in [-0.2, -0.15) is 0 Å². The van der Waals surface area contributed by atoms with E-state index < -0.39 is 5.97 Å². The first-order valence-electron chi connectivity index (χ1n) is 9.81. The fourth-order valence-electron chi connectivity index (χ4n) is 3.63. The number of hydrogen-bond acceptors (Lipinski definition) is 5. The number of nitrogens with one attached hydrogen (secondary N) is 2. The third-order valence-corrected chi connectivity index (χ3v) is 5.24. The highest BCUT2D eigenvalue weighted by Gasteiger charge is 2.24. The Morgan fingerprint density at radius 1 is 1.17 bits per heavy atom. The Morgan fingerprint density at radius 3 is 2.45 bits per heavy atom. The van der Waals surface area contributed by atoms with Crippen LogP contribution in [0.25, 0.3) is 0 Å². The number of aromatic nitrogens is 1. The molecule has 1 heterocycles. The van der Waals surface area contributed by atoms with Gasteiger partial charge in [0.2, 0.25) is 0 Å². The molecule has 0 spiro atoms. The van der Waals surface area contributed by atoms with Crippen molar-refractivity contribution in [2.75, 3.05) is 33.9 Å². The van der Waals surface area contributed by atoms with E-state index in [1.807, 2.05) is 24.3 Å². The molecule has 1 unspecified atom stereocenters. The molecule has 29 heavy (non-hydrogen) atoms. The number of rotatable bonds is 9. The quantitative estimate of drug-likeness (QED) is 0.630. The second-order valence-electron chi connectivity index (χ2n) is 6.84. The molecule has 7 nitrogen and oxygen atoms in total. The van der Waals surface area contributed by atoms with Gasteiger partial charge in [0.05, 0.1) is 25.8 Å². The van der Waals surface area contributed by atoms with Gasteiger partial charge in [0.1, 0.15) is 11.4 Å². The van der Waals surface area contributed by atoms with Crippen LogP contribution in [0.3, 0.4) is 0 Å². The number of amides is 1. The predicted octanol–water partition coefficient (Wildman–Crippen LogP) is 3.24. The number of hydrogen-bond donors (Lipinski definition) is 2. The van der Waals surface area contributed by atoms with Crippen molar-refractivity contribution < 1.29 is 19.1 Å². The van der Waals surface area contributed by atoms with Crippen LogP contribution >= 0.6 is 0 Å². The van der Waals surface area contributed by atoms with Gasteiger partial charge in [-0.05, 0) is 50.2 Å². The molecular formula is C22H31N3O4. The van der Waals surface area contributed by atoms with Crippen LogP contribution in [-0.2, 0) is 4.74 Å². The molecule has 0 aliphatic heterocycles. The molecule has 2 rings (SSSR count). The smallest absolute Gasteiger partial charge is 0.339 e. The molecule has 1 atom stereocenters. The highest BCUT2D eigenvalue weighted by Crippen LogP contribution is 2.24.